The summed E-state index contributed by atoms with van der Waals surface area (Å²) in [5, 5.41) is 0. The number of esters is 1. The Kier molecular flexibility index (Phi) is 3.97. The molecule has 0 aliphatic heterocycles. The summed E-state index contributed by atoms with van der Waals surface area (Å²) >= 11 is 0. The smallest absolute Gasteiger partial charge is 0.462 e. The van der Waals surface area contributed by atoms with Crippen molar-refractivity contribution >= 4 is 14.8 Å². The SMILES string of the molecule is [2H]C([2H])O[Si](CCCOC(=O)C(=C)C)(OC)OC([2H])([2H])[2H]. The summed E-state index contributed by atoms with van der Waals surface area (Å²) in [6.45, 7) is 4.92. The van der Waals surface area contributed by atoms with E-state index in [0.717, 1.165) is 0 Å². The molecule has 94 valence electrons. The van der Waals surface area contributed by atoms with Gasteiger partial charge in [-0.3, -0.25) is 0 Å². The largest absolute Gasteiger partial charge is 0.500 e. The predicted molar refractivity (Wildman–Crippen MR) is 62.0 cm³/mol. The minimum atomic E-state index is -3.72. The van der Waals surface area contributed by atoms with Crippen molar-refractivity contribution in [1.29, 1.82) is 0 Å². The number of carbonyl (C=O) groups is 1. The second-order valence-corrected chi connectivity index (χ2v) is 5.84. The fourth-order valence-electron chi connectivity index (χ4n) is 0.903. The Labute approximate surface area is 105 Å². The van der Waals surface area contributed by atoms with E-state index in [2.05, 4.69) is 6.58 Å². The van der Waals surface area contributed by atoms with Gasteiger partial charge in [-0.05, 0) is 13.3 Å². The van der Waals surface area contributed by atoms with E-state index < -0.39 is 28.9 Å². The average Bonchev–Trinajstić information content (AvgIpc) is 2.31. The molecule has 0 amide bonds. The third kappa shape index (κ3) is 4.89. The van der Waals surface area contributed by atoms with Gasteiger partial charge >= 0.3 is 14.8 Å². The summed E-state index contributed by atoms with van der Waals surface area (Å²) in [5.74, 6) is -0.559. The molecule has 16 heavy (non-hydrogen) atoms. The van der Waals surface area contributed by atoms with Gasteiger partial charge in [0.05, 0.1) is 13.5 Å². The standard InChI is InChI=1S/C10H20O5Si/c1-9(2)10(11)15-7-6-8-16(12-3,13-4)14-5/h1,6-8H2,2-5H3/i3D2,4D3. The molecular formula is C10H20O5Si. The molecule has 0 aliphatic carbocycles. The van der Waals surface area contributed by atoms with Crippen LogP contribution < -0.4 is 0 Å². The van der Waals surface area contributed by atoms with Crippen LogP contribution in [0.15, 0.2) is 12.2 Å². The molecular weight excluding hydrogens is 228 g/mol. The topological polar surface area (TPSA) is 54.0 Å². The zero-order valence-corrected chi connectivity index (χ0v) is 10.4. The van der Waals surface area contributed by atoms with Gasteiger partial charge in [0.15, 0.2) is 0 Å². The maximum absolute atomic E-state index is 11.2. The van der Waals surface area contributed by atoms with E-state index in [1.807, 2.05) is 0 Å². The van der Waals surface area contributed by atoms with Crippen LogP contribution in [0, 0.1) is 0 Å². The van der Waals surface area contributed by atoms with Crippen molar-refractivity contribution in [2.24, 2.45) is 0 Å². The molecule has 0 fully saturated rings. The van der Waals surface area contributed by atoms with Gasteiger partial charge in [0.1, 0.15) is 0 Å². The van der Waals surface area contributed by atoms with Crippen LogP contribution in [-0.4, -0.2) is 42.6 Å². The number of ether oxygens (including phenoxy) is 1. The Morgan fingerprint density at radius 3 is 2.69 bits per heavy atom. The van der Waals surface area contributed by atoms with Gasteiger partial charge < -0.3 is 18.0 Å². The van der Waals surface area contributed by atoms with E-state index in [9.17, 15) is 4.79 Å². The summed E-state index contributed by atoms with van der Waals surface area (Å²) in [6, 6.07) is -0.000377. The first-order valence-corrected chi connectivity index (χ1v) is 6.55. The fraction of sp³-hybridized carbons (Fsp3) is 0.700. The molecule has 0 saturated heterocycles. The maximum atomic E-state index is 11.2. The van der Waals surface area contributed by atoms with Crippen LogP contribution >= 0.6 is 0 Å². The predicted octanol–water partition coefficient (Wildman–Crippen LogP) is 1.37. The van der Waals surface area contributed by atoms with Crippen molar-refractivity contribution in [2.75, 3.05) is 27.8 Å². The first-order valence-electron chi connectivity index (χ1n) is 7.27. The molecule has 0 N–H and O–H groups in total. The van der Waals surface area contributed by atoms with Crippen LogP contribution in [0.4, 0.5) is 0 Å². The van der Waals surface area contributed by atoms with Crippen molar-refractivity contribution < 1.29 is 29.7 Å². The van der Waals surface area contributed by atoms with Crippen LogP contribution in [0.5, 0.6) is 0 Å². The van der Waals surface area contributed by atoms with Gasteiger partial charge in [-0.25, -0.2) is 4.79 Å². The van der Waals surface area contributed by atoms with Gasteiger partial charge in [0.25, 0.3) is 0 Å². The molecule has 0 radical (unpaired) electrons. The molecule has 0 aliphatic rings. The molecule has 5 nitrogen and oxygen atoms in total. The number of hydrogen-bond donors (Lipinski definition) is 0. The van der Waals surface area contributed by atoms with Crippen LogP contribution in [0.2, 0.25) is 6.04 Å². The minimum absolute atomic E-state index is 0.000377. The molecule has 1 atom stereocenters. The second-order valence-electron chi connectivity index (χ2n) is 3.13. The lowest BCUT2D eigenvalue weighted by molar-refractivity contribution is -0.139. The normalized spacial score (nSPS) is 19.8. The van der Waals surface area contributed by atoms with E-state index in [4.69, 9.17) is 24.9 Å². The number of hydrogen-bond acceptors (Lipinski definition) is 5. The molecule has 0 spiro atoms. The van der Waals surface area contributed by atoms with Crippen molar-refractivity contribution in [2.45, 2.75) is 19.4 Å². The van der Waals surface area contributed by atoms with Crippen molar-refractivity contribution in [3.63, 3.8) is 0 Å². The van der Waals surface area contributed by atoms with Gasteiger partial charge in [-0.15, -0.1) is 0 Å². The van der Waals surface area contributed by atoms with E-state index >= 15 is 0 Å². The lowest BCUT2D eigenvalue weighted by Crippen LogP contribution is -2.42. The van der Waals surface area contributed by atoms with E-state index in [1.54, 1.807) is 0 Å². The fourth-order valence-corrected chi connectivity index (χ4v) is 2.13. The summed E-state index contributed by atoms with van der Waals surface area (Å²) in [5.41, 5.74) is 0.248. The number of carbonyl (C=O) groups excluding carboxylic acids is 1. The van der Waals surface area contributed by atoms with E-state index in [1.165, 1.54) is 14.0 Å². The third-order valence-corrected chi connectivity index (χ3v) is 4.11. The van der Waals surface area contributed by atoms with Gasteiger partial charge in [-0.2, -0.15) is 0 Å². The van der Waals surface area contributed by atoms with Gasteiger partial charge in [0, 0.05) is 32.8 Å². The summed E-state index contributed by atoms with van der Waals surface area (Å²) in [7, 11) is -7.03. The molecule has 0 aromatic rings. The average molecular weight is 253 g/mol. The van der Waals surface area contributed by atoms with E-state index in [0.29, 0.717) is 0 Å². The van der Waals surface area contributed by atoms with E-state index in [-0.39, 0.29) is 24.6 Å². The summed E-state index contributed by atoms with van der Waals surface area (Å²) in [6.07, 6.45) is 0.210. The Morgan fingerprint density at radius 1 is 1.44 bits per heavy atom. The van der Waals surface area contributed by atoms with Crippen molar-refractivity contribution in [3.8, 4) is 0 Å². The van der Waals surface area contributed by atoms with Crippen LogP contribution in [-0.2, 0) is 22.8 Å². The zero-order chi connectivity index (χ0) is 16.7. The Morgan fingerprint density at radius 2 is 2.19 bits per heavy atom. The van der Waals surface area contributed by atoms with Crippen molar-refractivity contribution in [1.82, 2.24) is 0 Å². The van der Waals surface area contributed by atoms with Crippen LogP contribution in [0.25, 0.3) is 0 Å². The first-order chi connectivity index (χ1) is 9.51. The van der Waals surface area contributed by atoms with Crippen LogP contribution in [0.1, 0.15) is 20.2 Å². The second kappa shape index (κ2) is 7.56. The Bertz CT molecular complexity index is 362. The lowest BCUT2D eigenvalue weighted by atomic mass is 10.4. The highest BCUT2D eigenvalue weighted by Gasteiger charge is 2.36. The summed E-state index contributed by atoms with van der Waals surface area (Å²) < 4.78 is 55.1. The summed E-state index contributed by atoms with van der Waals surface area (Å²) in [4.78, 5) is 11.2. The molecule has 0 heterocycles. The molecule has 0 aromatic carbocycles. The molecule has 0 saturated carbocycles. The number of rotatable bonds is 8. The Hall–Kier alpha value is -0.693. The van der Waals surface area contributed by atoms with Gasteiger partial charge in [-0.1, -0.05) is 6.58 Å². The molecule has 0 bridgehead atoms. The minimum Gasteiger partial charge on any atom is -0.462 e. The third-order valence-electron chi connectivity index (χ3n) is 1.85. The maximum Gasteiger partial charge on any atom is 0.500 e. The Balaban J connectivity index is 4.60. The first kappa shape index (κ1) is 8.41. The molecule has 6 heteroatoms. The van der Waals surface area contributed by atoms with Crippen molar-refractivity contribution in [3.05, 3.63) is 12.2 Å². The molecule has 1 unspecified atom stereocenters. The lowest BCUT2D eigenvalue weighted by Gasteiger charge is -2.24. The molecule has 0 aromatic heterocycles. The monoisotopic (exact) mass is 253 g/mol. The highest BCUT2D eigenvalue weighted by atomic mass is 28.4. The highest BCUT2D eigenvalue weighted by Crippen LogP contribution is 2.14. The zero-order valence-electron chi connectivity index (χ0n) is 14.4. The van der Waals surface area contributed by atoms with Gasteiger partial charge in [0.2, 0.25) is 0 Å². The highest BCUT2D eigenvalue weighted by molar-refractivity contribution is 6.60. The molecule has 0 rings (SSSR count). The van der Waals surface area contributed by atoms with Crippen LogP contribution in [0.3, 0.4) is 0 Å². The quantitative estimate of drug-likeness (QED) is 0.283.